The Labute approximate surface area is 128 Å². The lowest BCUT2D eigenvalue weighted by atomic mass is 9.81. The van der Waals surface area contributed by atoms with Crippen molar-refractivity contribution in [1.29, 1.82) is 0 Å². The number of hydrogen-bond acceptors (Lipinski definition) is 3. The minimum Gasteiger partial charge on any atom is -0.367 e. The number of benzene rings is 1. The van der Waals surface area contributed by atoms with Crippen molar-refractivity contribution < 1.29 is 9.59 Å². The highest BCUT2D eigenvalue weighted by atomic mass is 35.5. The molecule has 5 heteroatoms. The van der Waals surface area contributed by atoms with Crippen molar-refractivity contribution in [2.24, 2.45) is 23.7 Å². The van der Waals surface area contributed by atoms with Gasteiger partial charge in [0.15, 0.2) is 0 Å². The average Bonchev–Trinajstić information content (AvgIpc) is 3.12. The summed E-state index contributed by atoms with van der Waals surface area (Å²) in [6.07, 6.45) is 3.29. The number of nitrogens with one attached hydrogen (secondary N) is 1. The number of rotatable bonds is 3. The Bertz CT molecular complexity index is 590. The van der Waals surface area contributed by atoms with Gasteiger partial charge in [-0.05, 0) is 49.3 Å². The van der Waals surface area contributed by atoms with Gasteiger partial charge in [0.1, 0.15) is 0 Å². The maximum atomic E-state index is 12.5. The number of amides is 2. The Morgan fingerprint density at radius 2 is 1.81 bits per heavy atom. The number of likely N-dealkylation sites (tertiary alicyclic amines) is 1. The molecule has 3 aliphatic rings. The zero-order valence-electron chi connectivity index (χ0n) is 11.6. The molecule has 0 unspecified atom stereocenters. The first-order valence-electron chi connectivity index (χ1n) is 7.50. The number of halogens is 1. The van der Waals surface area contributed by atoms with Gasteiger partial charge >= 0.3 is 0 Å². The number of fused-ring (bicyclic) bond motifs is 5. The number of carbonyl (C=O) groups excluding carboxylic acids is 2. The first kappa shape index (κ1) is 13.1. The molecule has 0 aromatic heterocycles. The minimum absolute atomic E-state index is 0.0201. The molecule has 1 aromatic rings. The molecule has 21 heavy (non-hydrogen) atoms. The van der Waals surface area contributed by atoms with Crippen molar-refractivity contribution in [3.05, 3.63) is 29.3 Å². The molecule has 2 bridgehead atoms. The van der Waals surface area contributed by atoms with Crippen LogP contribution in [0.1, 0.15) is 19.3 Å². The van der Waals surface area contributed by atoms with Gasteiger partial charge < -0.3 is 5.32 Å². The minimum atomic E-state index is -0.0441. The van der Waals surface area contributed by atoms with Gasteiger partial charge in [0.2, 0.25) is 11.8 Å². The van der Waals surface area contributed by atoms with Gasteiger partial charge in [0.05, 0.1) is 18.5 Å². The molecule has 4 nitrogen and oxygen atoms in total. The molecule has 4 rings (SSSR count). The summed E-state index contributed by atoms with van der Waals surface area (Å²) in [4.78, 5) is 26.4. The number of hydrogen-bond donors (Lipinski definition) is 1. The second-order valence-corrected chi connectivity index (χ2v) is 6.77. The van der Waals surface area contributed by atoms with Crippen molar-refractivity contribution in [2.45, 2.75) is 19.3 Å². The molecule has 1 saturated heterocycles. The summed E-state index contributed by atoms with van der Waals surface area (Å²) in [7, 11) is 0. The third-order valence-electron chi connectivity index (χ3n) is 5.28. The van der Waals surface area contributed by atoms with Crippen molar-refractivity contribution in [3.63, 3.8) is 0 Å². The van der Waals surface area contributed by atoms with Gasteiger partial charge in [-0.15, -0.1) is 0 Å². The van der Waals surface area contributed by atoms with E-state index in [1.807, 2.05) is 12.1 Å². The smallest absolute Gasteiger partial charge is 0.234 e. The van der Waals surface area contributed by atoms with E-state index in [-0.39, 0.29) is 30.3 Å². The third-order valence-corrected chi connectivity index (χ3v) is 5.52. The summed E-state index contributed by atoms with van der Waals surface area (Å²) in [5.74, 6) is 0.827. The molecule has 4 atom stereocenters. The van der Waals surface area contributed by atoms with E-state index in [1.54, 1.807) is 12.1 Å². The lowest BCUT2D eigenvalue weighted by Crippen LogP contribution is -2.36. The second-order valence-electron chi connectivity index (χ2n) is 6.33. The monoisotopic (exact) mass is 304 g/mol. The Morgan fingerprint density at radius 1 is 1.14 bits per heavy atom. The van der Waals surface area contributed by atoms with Crippen LogP contribution in [-0.2, 0) is 9.59 Å². The van der Waals surface area contributed by atoms with Gasteiger partial charge in [-0.3, -0.25) is 14.5 Å². The average molecular weight is 305 g/mol. The van der Waals surface area contributed by atoms with Crippen molar-refractivity contribution in [1.82, 2.24) is 4.90 Å². The van der Waals surface area contributed by atoms with E-state index in [2.05, 4.69) is 5.32 Å². The molecule has 110 valence electrons. The quantitative estimate of drug-likeness (QED) is 0.874. The van der Waals surface area contributed by atoms with Gasteiger partial charge in [0.25, 0.3) is 0 Å². The first-order valence-corrected chi connectivity index (χ1v) is 7.87. The lowest BCUT2D eigenvalue weighted by Gasteiger charge is -2.19. The van der Waals surface area contributed by atoms with E-state index in [4.69, 9.17) is 11.6 Å². The van der Waals surface area contributed by atoms with Crippen LogP contribution in [0.25, 0.3) is 0 Å². The van der Waals surface area contributed by atoms with Gasteiger partial charge in [-0.25, -0.2) is 0 Å². The van der Waals surface area contributed by atoms with E-state index in [1.165, 1.54) is 4.90 Å². The van der Waals surface area contributed by atoms with E-state index in [9.17, 15) is 9.59 Å². The highest BCUT2D eigenvalue weighted by Gasteiger charge is 2.60. The molecule has 2 saturated carbocycles. The highest BCUT2D eigenvalue weighted by Crippen LogP contribution is 2.55. The molecule has 1 N–H and O–H groups in total. The third kappa shape index (κ3) is 1.96. The van der Waals surface area contributed by atoms with E-state index < -0.39 is 0 Å². The molecule has 0 spiro atoms. The van der Waals surface area contributed by atoms with Crippen LogP contribution in [0.4, 0.5) is 5.69 Å². The van der Waals surface area contributed by atoms with Crippen molar-refractivity contribution in [3.8, 4) is 0 Å². The lowest BCUT2D eigenvalue weighted by molar-refractivity contribution is -0.140. The van der Waals surface area contributed by atoms with Crippen LogP contribution in [0.5, 0.6) is 0 Å². The second kappa shape index (κ2) is 4.73. The number of nitrogens with zero attached hydrogens (tertiary/aromatic N) is 1. The van der Waals surface area contributed by atoms with Crippen LogP contribution in [0, 0.1) is 23.7 Å². The molecule has 1 aromatic carbocycles. The summed E-state index contributed by atoms with van der Waals surface area (Å²) in [5.41, 5.74) is 0.822. The molecule has 2 aliphatic carbocycles. The van der Waals surface area contributed by atoms with Crippen molar-refractivity contribution in [2.75, 3.05) is 12.0 Å². The maximum absolute atomic E-state index is 12.5. The number of carbonyl (C=O) groups is 2. The Kier molecular flexibility index (Phi) is 2.96. The SMILES string of the molecule is O=C1[C@@H]2[C@@H]3CC[C@H](C3)[C@@H]2C(=O)N1CNc1cccc(Cl)c1. The number of anilines is 1. The van der Waals surface area contributed by atoms with Crippen LogP contribution < -0.4 is 5.32 Å². The Balaban J connectivity index is 1.49. The molecule has 1 aliphatic heterocycles. The summed E-state index contributed by atoms with van der Waals surface area (Å²) >= 11 is 5.93. The van der Waals surface area contributed by atoms with Gasteiger partial charge in [-0.1, -0.05) is 17.7 Å². The van der Waals surface area contributed by atoms with E-state index in [0.29, 0.717) is 16.9 Å². The fourth-order valence-electron chi connectivity index (χ4n) is 4.40. The largest absolute Gasteiger partial charge is 0.367 e. The molecule has 0 radical (unpaired) electrons. The predicted octanol–water partition coefficient (Wildman–Crippen LogP) is 2.74. The molecule has 3 fully saturated rings. The van der Waals surface area contributed by atoms with E-state index >= 15 is 0 Å². The summed E-state index contributed by atoms with van der Waals surface area (Å²) in [5, 5.41) is 3.76. The van der Waals surface area contributed by atoms with Crippen LogP contribution in [0.3, 0.4) is 0 Å². The van der Waals surface area contributed by atoms with Gasteiger partial charge in [0, 0.05) is 10.7 Å². The van der Waals surface area contributed by atoms with E-state index in [0.717, 1.165) is 24.9 Å². The summed E-state index contributed by atoms with van der Waals surface area (Å²) in [6.45, 7) is 0.241. The maximum Gasteiger partial charge on any atom is 0.234 e. The predicted molar refractivity (Wildman–Crippen MR) is 79.6 cm³/mol. The normalized spacial score (nSPS) is 33.7. The summed E-state index contributed by atoms with van der Waals surface area (Å²) in [6, 6.07) is 7.30. The molecular weight excluding hydrogens is 288 g/mol. The zero-order chi connectivity index (χ0) is 14.6. The van der Waals surface area contributed by atoms with Crippen LogP contribution in [0.15, 0.2) is 24.3 Å². The van der Waals surface area contributed by atoms with Crippen LogP contribution in [0.2, 0.25) is 5.02 Å². The topological polar surface area (TPSA) is 49.4 Å². The molecule has 2 amide bonds. The fourth-order valence-corrected chi connectivity index (χ4v) is 4.59. The molecule has 1 heterocycles. The summed E-state index contributed by atoms with van der Waals surface area (Å²) < 4.78 is 0. The van der Waals surface area contributed by atoms with Crippen LogP contribution in [-0.4, -0.2) is 23.4 Å². The van der Waals surface area contributed by atoms with Crippen molar-refractivity contribution >= 4 is 29.1 Å². The zero-order valence-corrected chi connectivity index (χ0v) is 12.3. The Hall–Kier alpha value is -1.55. The highest BCUT2D eigenvalue weighted by molar-refractivity contribution is 6.30. The van der Waals surface area contributed by atoms with Crippen LogP contribution >= 0.6 is 11.6 Å². The Morgan fingerprint density at radius 3 is 2.43 bits per heavy atom. The van der Waals surface area contributed by atoms with Gasteiger partial charge in [-0.2, -0.15) is 0 Å². The fraction of sp³-hybridized carbons (Fsp3) is 0.500. The number of imide groups is 1. The molecular formula is C16H17ClN2O2. The standard InChI is InChI=1S/C16H17ClN2O2/c17-11-2-1-3-12(7-11)18-8-19-15(20)13-9-4-5-10(6-9)14(13)16(19)21/h1-3,7,9-10,13-14,18H,4-6,8H2/t9-,10-,13-,14+/m1/s1. The first-order chi connectivity index (χ1) is 10.1.